The van der Waals surface area contributed by atoms with Gasteiger partial charge < -0.3 is 9.31 Å². The molecule has 0 atom stereocenters. The number of benzene rings is 1. The molecule has 1 heterocycles. The van der Waals surface area contributed by atoms with E-state index < -0.39 is 35.1 Å². The summed E-state index contributed by atoms with van der Waals surface area (Å²) in [6.45, 7) is 14.4. The highest BCUT2D eigenvalue weighted by Gasteiger charge is 2.65. The zero-order valence-electron chi connectivity index (χ0n) is 20.0. The van der Waals surface area contributed by atoms with Crippen LogP contribution in [-0.4, -0.2) is 24.2 Å². The molecule has 1 fully saturated rings. The quantitative estimate of drug-likeness (QED) is 0.423. The summed E-state index contributed by atoms with van der Waals surface area (Å²) in [5.74, 6) is -2.82. The topological polar surface area (TPSA) is 18.5 Å². The van der Waals surface area contributed by atoms with Crippen LogP contribution in [0.15, 0.2) is 18.2 Å². The molecule has 1 aromatic carbocycles. The predicted molar refractivity (Wildman–Crippen MR) is 167 cm³/mol. The molecule has 0 amide bonds. The van der Waals surface area contributed by atoms with Crippen LogP contribution in [-0.2, 0) is 114 Å². The summed E-state index contributed by atoms with van der Waals surface area (Å²) in [5.41, 5.74) is -1.13. The van der Waals surface area contributed by atoms with Crippen molar-refractivity contribution in [3.05, 3.63) is 29.3 Å². The van der Waals surface area contributed by atoms with Crippen LogP contribution >= 0.6 is 0 Å². The minimum atomic E-state index is -2.82. The molecule has 3 rings (SSSR count). The lowest BCUT2D eigenvalue weighted by Crippen LogP contribution is -2.46. The van der Waals surface area contributed by atoms with Crippen molar-refractivity contribution in [2.24, 2.45) is 0 Å². The van der Waals surface area contributed by atoms with Gasteiger partial charge in [0.25, 0.3) is 5.92 Å². The molecule has 1 aromatic rings. The maximum absolute atomic E-state index is 15.0. The summed E-state index contributed by atoms with van der Waals surface area (Å²) in [5, 5.41) is 0. The van der Waals surface area contributed by atoms with Gasteiger partial charge in [-0.3, -0.25) is 0 Å². The molecule has 0 bridgehead atoms. The van der Waals surface area contributed by atoms with Crippen molar-refractivity contribution in [2.75, 3.05) is 0 Å². The average Bonchev–Trinajstić information content (AvgIpc) is 3.02. The van der Waals surface area contributed by atoms with Gasteiger partial charge >= 0.3 is 7.12 Å². The Hall–Kier alpha value is 1.26. The first kappa shape index (κ1) is 31.5. The highest BCUT2D eigenvalue weighted by atomic mass is 33.4. The number of hydrogen-bond donors (Lipinski definition) is 0. The van der Waals surface area contributed by atoms with Crippen molar-refractivity contribution >= 4 is 106 Å². The minimum Gasteiger partial charge on any atom is -0.399 e. The number of hydrogen-bond acceptors (Lipinski definition) is 4. The fourth-order valence-electron chi connectivity index (χ4n) is 3.94. The molecule has 1 aliphatic heterocycles. The number of rotatable bonds is 1. The van der Waals surface area contributed by atoms with E-state index in [0.29, 0.717) is 11.1 Å². The van der Waals surface area contributed by atoms with Gasteiger partial charge in [0.05, 0.1) is 22.0 Å². The summed E-state index contributed by atoms with van der Waals surface area (Å²) in [6, 6.07) is 5.53. The number of fused-ring (bicyclic) bond motifs is 1. The zero-order chi connectivity index (χ0) is 26.0. The van der Waals surface area contributed by atoms with Gasteiger partial charge in [-0.25, -0.2) is 8.78 Å². The molecular formula is C19H27BF2O2S10. The molecule has 0 aromatic heterocycles. The van der Waals surface area contributed by atoms with Crippen molar-refractivity contribution < 1.29 is 18.1 Å². The third-order valence-electron chi connectivity index (χ3n) is 6.68. The van der Waals surface area contributed by atoms with Gasteiger partial charge in [-0.05, 0) is 72.0 Å². The van der Waals surface area contributed by atoms with Gasteiger partial charge in [-0.1, -0.05) is 18.2 Å². The van der Waals surface area contributed by atoms with Gasteiger partial charge in [0, 0.05) is 93.4 Å². The monoisotopic (exact) mass is 656 g/mol. The molecule has 2 nitrogen and oxygen atoms in total. The Morgan fingerprint density at radius 3 is 1.53 bits per heavy atom. The molecule has 1 aliphatic carbocycles. The second-order valence-corrected chi connectivity index (χ2v) is 23.9. The van der Waals surface area contributed by atoms with Crippen LogP contribution in [0.1, 0.15) is 66.5 Å². The Labute approximate surface area is 234 Å². The Morgan fingerprint density at radius 2 is 1.09 bits per heavy atom. The van der Waals surface area contributed by atoms with Crippen LogP contribution in [0.5, 0.6) is 0 Å². The van der Waals surface area contributed by atoms with Gasteiger partial charge in [-0.2, -0.15) is 0 Å². The van der Waals surface area contributed by atoms with Crippen LogP contribution in [0.2, 0.25) is 0 Å². The molecule has 0 saturated carbocycles. The number of alkyl halides is 2. The molecule has 0 unspecified atom stereocenters. The lowest BCUT2D eigenvalue weighted by molar-refractivity contribution is -0.105. The fourth-order valence-corrected chi connectivity index (χ4v) is 20.4. The zero-order valence-corrected chi connectivity index (χ0v) is 28.1. The molecule has 0 radical (unpaired) electrons. The normalized spacial score (nSPS) is 21.8. The van der Waals surface area contributed by atoms with Crippen molar-refractivity contribution in [1.29, 1.82) is 0 Å². The van der Waals surface area contributed by atoms with E-state index in [-0.39, 0.29) is 0 Å². The highest BCUT2D eigenvalue weighted by Crippen LogP contribution is 2.59. The van der Waals surface area contributed by atoms with E-state index in [9.17, 15) is 8.78 Å². The van der Waals surface area contributed by atoms with E-state index in [1.54, 1.807) is 81.0 Å². The van der Waals surface area contributed by atoms with Gasteiger partial charge in [-0.15, -0.1) is 0 Å². The molecule has 1 saturated heterocycles. The highest BCUT2D eigenvalue weighted by molar-refractivity contribution is 8.73. The summed E-state index contributed by atoms with van der Waals surface area (Å²) in [4.78, 5) is 0. The summed E-state index contributed by atoms with van der Waals surface area (Å²) in [6.07, 6.45) is 0. The van der Waals surface area contributed by atoms with E-state index in [4.69, 9.17) is 9.31 Å². The standard InChI is InChI=1S/C19H27BF2O2.S10/c1-15(2)13-10-9-12(11-14(13)16(3,4)19(15,21)22)20-23-17(5,6)18(7,8)24-20;1-3-5-7-9-10-8-6-4-2/h9-11H,1-8H3;. The first-order chi connectivity index (χ1) is 15.6. The molecule has 192 valence electrons. The van der Waals surface area contributed by atoms with Crippen molar-refractivity contribution in [3.8, 4) is 0 Å². The van der Waals surface area contributed by atoms with Crippen molar-refractivity contribution in [1.82, 2.24) is 0 Å². The van der Waals surface area contributed by atoms with E-state index in [0.717, 1.165) is 5.46 Å². The second-order valence-electron chi connectivity index (χ2n) is 9.76. The molecule has 15 heteroatoms. The first-order valence-electron chi connectivity index (χ1n) is 10.0. The van der Waals surface area contributed by atoms with E-state index >= 15 is 0 Å². The summed E-state index contributed by atoms with van der Waals surface area (Å²) >= 11 is 9.31. The minimum absolute atomic E-state index is 0.449. The van der Waals surface area contributed by atoms with Crippen molar-refractivity contribution in [2.45, 2.75) is 83.3 Å². The third-order valence-corrected chi connectivity index (χ3v) is 22.2. The smallest absolute Gasteiger partial charge is 0.399 e. The van der Waals surface area contributed by atoms with Crippen LogP contribution in [0, 0.1) is 0 Å². The summed E-state index contributed by atoms with van der Waals surface area (Å²) in [7, 11) is 12.2. The maximum Gasteiger partial charge on any atom is 0.494 e. The Morgan fingerprint density at radius 1 is 0.676 bits per heavy atom. The Balaban J connectivity index is 0.000000347. The largest absolute Gasteiger partial charge is 0.494 e. The Bertz CT molecular complexity index is 1240. The van der Waals surface area contributed by atoms with Crippen LogP contribution in [0.4, 0.5) is 8.78 Å². The van der Waals surface area contributed by atoms with E-state index in [1.807, 2.05) is 45.9 Å². The summed E-state index contributed by atoms with van der Waals surface area (Å²) < 4.78 is 42.1. The van der Waals surface area contributed by atoms with Crippen molar-refractivity contribution in [3.63, 3.8) is 0 Å². The second kappa shape index (κ2) is 12.0. The average molecular weight is 657 g/mol. The van der Waals surface area contributed by atoms with Gasteiger partial charge in [0.15, 0.2) is 0 Å². The van der Waals surface area contributed by atoms with Crippen LogP contribution in [0.3, 0.4) is 0 Å². The molecule has 2 aliphatic rings. The first-order valence-corrected chi connectivity index (χ1v) is 22.0. The lowest BCUT2D eigenvalue weighted by Gasteiger charge is -2.35. The third kappa shape index (κ3) is 6.28. The fraction of sp³-hybridized carbons (Fsp3) is 0.684. The molecule has 34 heavy (non-hydrogen) atoms. The molecule has 0 N–H and O–H groups in total. The maximum atomic E-state index is 15.0. The van der Waals surface area contributed by atoms with Crippen LogP contribution in [0.25, 0.3) is 0 Å². The molecule has 0 spiro atoms. The lowest BCUT2D eigenvalue weighted by atomic mass is 9.75. The SMILES string of the molecule is CC1(C)OB(c2ccc3c(c2)C(C)(C)C(F)(F)C3(C)C)OC1(C)C.S=S=S=S=S=S=S=S=S=S. The van der Waals surface area contributed by atoms with E-state index in [1.165, 1.54) is 17.8 Å². The predicted octanol–water partition coefficient (Wildman–Crippen LogP) is 4.17. The van der Waals surface area contributed by atoms with Gasteiger partial charge in [0.2, 0.25) is 0 Å². The number of halogens is 2. The Kier molecular flexibility index (Phi) is 11.1. The van der Waals surface area contributed by atoms with Gasteiger partial charge in [0.1, 0.15) is 0 Å². The molecular weight excluding hydrogens is 630 g/mol. The van der Waals surface area contributed by atoms with E-state index in [2.05, 4.69) is 22.4 Å². The van der Waals surface area contributed by atoms with Crippen LogP contribution < -0.4 is 5.46 Å².